The molecule has 0 fully saturated rings. The zero-order chi connectivity index (χ0) is 9.07. The first kappa shape index (κ1) is 10.3. The predicted octanol–water partition coefficient (Wildman–Crippen LogP) is 0.885. The summed E-state index contributed by atoms with van der Waals surface area (Å²) < 4.78 is -0.316. The van der Waals surface area contributed by atoms with Gasteiger partial charge in [0.2, 0.25) is 0 Å². The van der Waals surface area contributed by atoms with Gasteiger partial charge in [-0.15, -0.1) is 0 Å². The molecule has 0 aromatic carbocycles. The van der Waals surface area contributed by atoms with Crippen molar-refractivity contribution in [3.05, 3.63) is 37.1 Å². The van der Waals surface area contributed by atoms with Crippen LogP contribution in [0.2, 0.25) is 0 Å². The molecule has 0 amide bonds. The quantitative estimate of drug-likeness (QED) is 0.357. The van der Waals surface area contributed by atoms with Gasteiger partial charge in [0.05, 0.1) is 0 Å². The van der Waals surface area contributed by atoms with Gasteiger partial charge in [0.1, 0.15) is 19.3 Å². The molecule has 0 saturated carbocycles. The molecule has 64 valence electrons. The molecule has 4 heteroatoms. The van der Waals surface area contributed by atoms with Gasteiger partial charge < -0.3 is 11.7 Å². The Morgan fingerprint density at radius 3 is 2.09 bits per heavy atom. The summed E-state index contributed by atoms with van der Waals surface area (Å²) in [5, 5.41) is 0.243. The summed E-state index contributed by atoms with van der Waals surface area (Å²) in [6.07, 6.45) is 3.07. The average Bonchev–Trinajstić information content (AvgIpc) is 2.01. The Hall–Kier alpha value is -0.680. The van der Waals surface area contributed by atoms with Crippen LogP contribution in [0.5, 0.6) is 0 Å². The van der Waals surface area contributed by atoms with Crippen LogP contribution in [0, 0.1) is 0 Å². The van der Waals surface area contributed by atoms with Gasteiger partial charge in [-0.2, -0.15) is 0 Å². The molecule has 4 nitrogen and oxygen atoms in total. The predicted molar refractivity (Wildman–Crippen MR) is 45.6 cm³/mol. The molecule has 0 spiro atoms. The summed E-state index contributed by atoms with van der Waals surface area (Å²) in [6.45, 7) is 8.93. The van der Waals surface area contributed by atoms with E-state index in [-0.39, 0.29) is 15.9 Å². The molecule has 0 aliphatic carbocycles. The van der Waals surface area contributed by atoms with Crippen molar-refractivity contribution < 1.29 is 9.82 Å². The zero-order valence-electron chi connectivity index (χ0n) is 7.09. The first-order valence-electron chi connectivity index (χ1n) is 3.44. The molecule has 0 aliphatic heterocycles. The minimum atomic E-state index is -0.316. The third-order valence-corrected chi connectivity index (χ3v) is 1.83. The lowest BCUT2D eigenvalue weighted by molar-refractivity contribution is -1.43. The number of hydrogen-bond donors (Lipinski definition) is 1. The van der Waals surface area contributed by atoms with E-state index >= 15 is 0 Å². The minimum absolute atomic E-state index is 0.120. The van der Waals surface area contributed by atoms with E-state index in [4.69, 9.17) is 11.7 Å². The highest BCUT2D eigenvalue weighted by Gasteiger charge is 2.22. The number of nitrogens with zero attached hydrogens (tertiary/aromatic N) is 1. The standard InChI is InChI=1S/C7H16N4/c1-5-7(3)11(9,6-2)10(4)8/h5-10H,1-2H2,3-4H3. The van der Waals surface area contributed by atoms with Crippen molar-refractivity contribution in [3.8, 4) is 0 Å². The Bertz CT molecular complexity index is 155. The SMILES string of the molecule is C=CC(C)[N+]([NH-])(C=C)[NH+](C)[NH-]. The van der Waals surface area contributed by atoms with Gasteiger partial charge in [-0.05, 0) is 19.6 Å². The summed E-state index contributed by atoms with van der Waals surface area (Å²) in [6, 6.07) is -0.120. The topological polar surface area (TPSA) is 52.0 Å². The van der Waals surface area contributed by atoms with Gasteiger partial charge in [0, 0.05) is 0 Å². The second kappa shape index (κ2) is 3.64. The van der Waals surface area contributed by atoms with Gasteiger partial charge in [-0.25, -0.2) is 4.70 Å². The third-order valence-electron chi connectivity index (χ3n) is 1.83. The molecule has 0 aromatic rings. The minimum Gasteiger partial charge on any atom is -0.418 e. The normalized spacial score (nSPS) is 21.5. The smallest absolute Gasteiger partial charge is 0.142 e. The molecule has 0 aromatic heterocycles. The van der Waals surface area contributed by atoms with E-state index in [1.165, 1.54) is 6.20 Å². The summed E-state index contributed by atoms with van der Waals surface area (Å²) >= 11 is 0. The van der Waals surface area contributed by atoms with E-state index in [0.29, 0.717) is 0 Å². The van der Waals surface area contributed by atoms with Crippen LogP contribution < -0.4 is 5.12 Å². The first-order chi connectivity index (χ1) is 4.99. The monoisotopic (exact) mass is 156 g/mol. The van der Waals surface area contributed by atoms with Crippen LogP contribution in [0.1, 0.15) is 6.92 Å². The van der Waals surface area contributed by atoms with Crippen LogP contribution in [0.3, 0.4) is 0 Å². The molecule has 0 aliphatic rings. The summed E-state index contributed by atoms with van der Waals surface area (Å²) in [7, 11) is 1.59. The van der Waals surface area contributed by atoms with Crippen molar-refractivity contribution in [1.82, 2.24) is 0 Å². The summed E-state index contributed by atoms with van der Waals surface area (Å²) in [4.78, 5) is 0. The second-order valence-electron chi connectivity index (χ2n) is 2.52. The van der Waals surface area contributed by atoms with E-state index in [9.17, 15) is 0 Å². The lowest BCUT2D eigenvalue weighted by Crippen LogP contribution is -3.15. The lowest BCUT2D eigenvalue weighted by atomic mass is 10.3. The molecule has 11 heavy (non-hydrogen) atoms. The molecule has 0 saturated heterocycles. The van der Waals surface area contributed by atoms with E-state index < -0.39 is 0 Å². The third kappa shape index (κ3) is 1.87. The van der Waals surface area contributed by atoms with Gasteiger partial charge in [-0.3, -0.25) is 5.12 Å². The Kier molecular flexibility index (Phi) is 3.41. The largest absolute Gasteiger partial charge is 0.418 e. The number of rotatable bonds is 4. The van der Waals surface area contributed by atoms with Crippen molar-refractivity contribution in [3.63, 3.8) is 0 Å². The first-order valence-corrected chi connectivity index (χ1v) is 3.44. The fourth-order valence-corrected chi connectivity index (χ4v) is 0.775. The Labute approximate surface area is 67.9 Å². The Balaban J connectivity index is 4.57. The van der Waals surface area contributed by atoms with Gasteiger partial charge in [-0.1, -0.05) is 6.58 Å². The van der Waals surface area contributed by atoms with Gasteiger partial charge in [0.15, 0.2) is 0 Å². The van der Waals surface area contributed by atoms with Crippen LogP contribution in [0.15, 0.2) is 25.4 Å². The van der Waals surface area contributed by atoms with E-state index in [0.717, 1.165) is 0 Å². The second-order valence-corrected chi connectivity index (χ2v) is 2.52. The van der Waals surface area contributed by atoms with Crippen molar-refractivity contribution in [2.75, 3.05) is 7.05 Å². The van der Waals surface area contributed by atoms with Crippen molar-refractivity contribution in [2.24, 2.45) is 0 Å². The molecular weight excluding hydrogens is 140 g/mol. The molecule has 0 rings (SSSR count). The maximum Gasteiger partial charge on any atom is 0.142 e. The average molecular weight is 156 g/mol. The maximum absolute atomic E-state index is 7.75. The van der Waals surface area contributed by atoms with Crippen molar-refractivity contribution >= 4 is 0 Å². The highest BCUT2D eigenvalue weighted by atomic mass is 15.9. The van der Waals surface area contributed by atoms with Crippen LogP contribution in [0.4, 0.5) is 0 Å². The van der Waals surface area contributed by atoms with Crippen LogP contribution >= 0.6 is 0 Å². The molecule has 0 heterocycles. The Morgan fingerprint density at radius 1 is 1.55 bits per heavy atom. The Morgan fingerprint density at radius 2 is 2.00 bits per heavy atom. The lowest BCUT2D eigenvalue weighted by Gasteiger charge is -2.46. The number of nitrogens with one attached hydrogen (secondary N) is 3. The fourth-order valence-electron chi connectivity index (χ4n) is 0.775. The van der Waals surface area contributed by atoms with E-state index in [2.05, 4.69) is 13.2 Å². The fraction of sp³-hybridized carbons (Fsp3) is 0.429. The zero-order valence-corrected chi connectivity index (χ0v) is 7.09. The molecule has 3 unspecified atom stereocenters. The van der Waals surface area contributed by atoms with Crippen LogP contribution in [-0.2, 0) is 0 Å². The van der Waals surface area contributed by atoms with E-state index in [1.807, 2.05) is 6.92 Å². The highest BCUT2D eigenvalue weighted by Crippen LogP contribution is 2.06. The highest BCUT2D eigenvalue weighted by molar-refractivity contribution is 4.77. The number of quaternary nitrogens is 2. The van der Waals surface area contributed by atoms with Gasteiger partial charge in [0.25, 0.3) is 0 Å². The maximum atomic E-state index is 7.75. The van der Waals surface area contributed by atoms with Crippen LogP contribution in [0.25, 0.3) is 11.7 Å². The number of hydrogen-bond acceptors (Lipinski definition) is 0. The van der Waals surface area contributed by atoms with Crippen LogP contribution in [-0.4, -0.2) is 17.8 Å². The van der Waals surface area contributed by atoms with Gasteiger partial charge >= 0.3 is 0 Å². The molecule has 0 bridgehead atoms. The van der Waals surface area contributed by atoms with Crippen molar-refractivity contribution in [1.29, 1.82) is 0 Å². The summed E-state index contributed by atoms with van der Waals surface area (Å²) in [5.41, 5.74) is 0. The van der Waals surface area contributed by atoms with E-state index in [1.54, 1.807) is 13.1 Å². The van der Waals surface area contributed by atoms with Crippen molar-refractivity contribution in [2.45, 2.75) is 13.0 Å². The molecular formula is C7H16N4. The molecule has 0 radical (unpaired) electrons. The molecule has 3 atom stereocenters. The summed E-state index contributed by atoms with van der Waals surface area (Å²) in [5.74, 6) is 15.1. The molecule has 3 N–H and O–H groups in total.